The minimum Gasteiger partial charge on any atom is -0.176 e. The molecule has 0 amide bonds. The summed E-state index contributed by atoms with van der Waals surface area (Å²) in [6.07, 6.45) is 1.18. The topological polar surface area (TPSA) is 0 Å². The largest absolute Gasteiger partial charge is 0.176 e. The maximum atomic E-state index is 4.46. The van der Waals surface area contributed by atoms with Crippen LogP contribution >= 0.6 is 25.3 Å². The third-order valence-electron chi connectivity index (χ3n) is 2.53. The standard InChI is InChI=1S/C7H14S2/c1-4-5(2)7(9)3-6(4)8/h4-9H,3H2,1-2H3. The molecule has 1 aliphatic carbocycles. The highest BCUT2D eigenvalue weighted by atomic mass is 32.1. The number of rotatable bonds is 0. The molecular formula is C7H14S2. The van der Waals surface area contributed by atoms with E-state index in [1.165, 1.54) is 6.42 Å². The monoisotopic (exact) mass is 162 g/mol. The van der Waals surface area contributed by atoms with E-state index in [0.29, 0.717) is 10.5 Å². The van der Waals surface area contributed by atoms with Gasteiger partial charge in [0.2, 0.25) is 0 Å². The zero-order chi connectivity index (χ0) is 7.02. The summed E-state index contributed by atoms with van der Waals surface area (Å²) >= 11 is 8.91. The molecule has 1 rings (SSSR count). The van der Waals surface area contributed by atoms with Crippen molar-refractivity contribution >= 4 is 25.3 Å². The molecule has 4 atom stereocenters. The third-order valence-corrected chi connectivity index (χ3v) is 3.89. The Kier molecular flexibility index (Phi) is 2.38. The first kappa shape index (κ1) is 7.80. The van der Waals surface area contributed by atoms with Crippen molar-refractivity contribution in [3.05, 3.63) is 0 Å². The van der Waals surface area contributed by atoms with Crippen LogP contribution in [0.4, 0.5) is 0 Å². The van der Waals surface area contributed by atoms with Gasteiger partial charge in [-0.15, -0.1) is 0 Å². The van der Waals surface area contributed by atoms with Gasteiger partial charge in [0.15, 0.2) is 0 Å². The second-order valence-corrected chi connectivity index (χ2v) is 4.42. The molecule has 1 fully saturated rings. The molecule has 0 radical (unpaired) electrons. The van der Waals surface area contributed by atoms with E-state index in [-0.39, 0.29) is 0 Å². The summed E-state index contributed by atoms with van der Waals surface area (Å²) in [4.78, 5) is 0. The highest BCUT2D eigenvalue weighted by Crippen LogP contribution is 2.37. The van der Waals surface area contributed by atoms with Gasteiger partial charge in [-0.2, -0.15) is 25.3 Å². The van der Waals surface area contributed by atoms with E-state index in [1.807, 2.05) is 0 Å². The molecule has 0 saturated heterocycles. The molecular weight excluding hydrogens is 148 g/mol. The molecule has 0 aromatic carbocycles. The SMILES string of the molecule is CC1C(S)CC(S)C1C. The Balaban J connectivity index is 2.54. The van der Waals surface area contributed by atoms with Crippen LogP contribution in [0.25, 0.3) is 0 Å². The lowest BCUT2D eigenvalue weighted by Crippen LogP contribution is -2.10. The summed E-state index contributed by atoms with van der Waals surface area (Å²) in [5, 5.41) is 1.17. The fourth-order valence-corrected chi connectivity index (χ4v) is 2.54. The van der Waals surface area contributed by atoms with Gasteiger partial charge >= 0.3 is 0 Å². The summed E-state index contributed by atoms with van der Waals surface area (Å²) in [5.41, 5.74) is 0. The minimum absolute atomic E-state index is 0.586. The van der Waals surface area contributed by atoms with Crippen molar-refractivity contribution in [2.45, 2.75) is 30.8 Å². The molecule has 0 aromatic heterocycles. The summed E-state index contributed by atoms with van der Waals surface area (Å²) in [7, 11) is 0. The van der Waals surface area contributed by atoms with E-state index in [1.54, 1.807) is 0 Å². The summed E-state index contributed by atoms with van der Waals surface area (Å²) in [5.74, 6) is 1.49. The lowest BCUT2D eigenvalue weighted by atomic mass is 10.0. The second kappa shape index (κ2) is 2.75. The molecule has 0 aromatic rings. The quantitative estimate of drug-likeness (QED) is 0.502. The zero-order valence-corrected chi connectivity index (χ0v) is 7.70. The second-order valence-electron chi connectivity index (χ2n) is 3.09. The Labute approximate surface area is 68.2 Å². The Morgan fingerprint density at radius 1 is 1.00 bits per heavy atom. The maximum Gasteiger partial charge on any atom is 0.00559 e. The maximum absolute atomic E-state index is 4.46. The van der Waals surface area contributed by atoms with Crippen molar-refractivity contribution in [1.29, 1.82) is 0 Å². The van der Waals surface area contributed by atoms with Gasteiger partial charge in [0.1, 0.15) is 0 Å². The van der Waals surface area contributed by atoms with Gasteiger partial charge in [0, 0.05) is 10.5 Å². The summed E-state index contributed by atoms with van der Waals surface area (Å²) < 4.78 is 0. The normalized spacial score (nSPS) is 52.0. The van der Waals surface area contributed by atoms with Crippen LogP contribution < -0.4 is 0 Å². The van der Waals surface area contributed by atoms with Crippen LogP contribution in [0.5, 0.6) is 0 Å². The minimum atomic E-state index is 0.586. The van der Waals surface area contributed by atoms with Crippen LogP contribution in [-0.4, -0.2) is 10.5 Å². The third kappa shape index (κ3) is 1.40. The van der Waals surface area contributed by atoms with Gasteiger partial charge in [0.05, 0.1) is 0 Å². The number of hydrogen-bond acceptors (Lipinski definition) is 2. The van der Waals surface area contributed by atoms with Gasteiger partial charge in [-0.25, -0.2) is 0 Å². The summed E-state index contributed by atoms with van der Waals surface area (Å²) in [6, 6.07) is 0. The van der Waals surface area contributed by atoms with E-state index in [2.05, 4.69) is 39.1 Å². The highest BCUT2D eigenvalue weighted by Gasteiger charge is 2.33. The van der Waals surface area contributed by atoms with Crippen molar-refractivity contribution in [1.82, 2.24) is 0 Å². The Bertz CT molecular complexity index is 91.1. The van der Waals surface area contributed by atoms with Gasteiger partial charge in [-0.05, 0) is 18.3 Å². The van der Waals surface area contributed by atoms with Crippen molar-refractivity contribution in [3.63, 3.8) is 0 Å². The van der Waals surface area contributed by atoms with E-state index in [9.17, 15) is 0 Å². The zero-order valence-electron chi connectivity index (χ0n) is 5.91. The highest BCUT2D eigenvalue weighted by molar-refractivity contribution is 7.82. The van der Waals surface area contributed by atoms with Gasteiger partial charge in [-0.3, -0.25) is 0 Å². The molecule has 0 aliphatic heterocycles. The molecule has 0 bridgehead atoms. The Morgan fingerprint density at radius 3 is 1.44 bits per heavy atom. The average molecular weight is 162 g/mol. The molecule has 1 saturated carbocycles. The van der Waals surface area contributed by atoms with Gasteiger partial charge in [0.25, 0.3) is 0 Å². The first-order valence-corrected chi connectivity index (χ1v) is 4.52. The molecule has 1 aliphatic rings. The van der Waals surface area contributed by atoms with Crippen LogP contribution in [0.15, 0.2) is 0 Å². The first-order chi connectivity index (χ1) is 4.13. The predicted molar refractivity (Wildman–Crippen MR) is 48.5 cm³/mol. The van der Waals surface area contributed by atoms with Gasteiger partial charge in [-0.1, -0.05) is 13.8 Å². The number of thiol groups is 2. The first-order valence-electron chi connectivity index (χ1n) is 3.49. The van der Waals surface area contributed by atoms with Crippen LogP contribution in [0, 0.1) is 11.8 Å². The molecule has 0 heterocycles. The van der Waals surface area contributed by atoms with Gasteiger partial charge < -0.3 is 0 Å². The molecule has 4 unspecified atom stereocenters. The predicted octanol–water partition coefficient (Wildman–Crippen LogP) is 2.26. The molecule has 0 spiro atoms. The van der Waals surface area contributed by atoms with Crippen LogP contribution in [-0.2, 0) is 0 Å². The Hall–Kier alpha value is 0.700. The van der Waals surface area contributed by atoms with Crippen LogP contribution in [0.2, 0.25) is 0 Å². The van der Waals surface area contributed by atoms with E-state index in [4.69, 9.17) is 0 Å². The van der Waals surface area contributed by atoms with E-state index in [0.717, 1.165) is 11.8 Å². The van der Waals surface area contributed by atoms with Crippen molar-refractivity contribution < 1.29 is 0 Å². The van der Waals surface area contributed by atoms with Crippen molar-refractivity contribution in [2.24, 2.45) is 11.8 Å². The fourth-order valence-electron chi connectivity index (χ4n) is 1.38. The molecule has 0 nitrogen and oxygen atoms in total. The molecule has 2 heteroatoms. The smallest absolute Gasteiger partial charge is 0.00559 e. The molecule has 9 heavy (non-hydrogen) atoms. The molecule has 0 N–H and O–H groups in total. The van der Waals surface area contributed by atoms with Crippen molar-refractivity contribution in [2.75, 3.05) is 0 Å². The lowest BCUT2D eigenvalue weighted by molar-refractivity contribution is 0.471. The van der Waals surface area contributed by atoms with Crippen LogP contribution in [0.3, 0.4) is 0 Å². The van der Waals surface area contributed by atoms with Crippen molar-refractivity contribution in [3.8, 4) is 0 Å². The number of hydrogen-bond donors (Lipinski definition) is 2. The fraction of sp³-hybridized carbons (Fsp3) is 1.00. The molecule has 54 valence electrons. The Morgan fingerprint density at radius 2 is 1.33 bits per heavy atom. The van der Waals surface area contributed by atoms with Crippen LogP contribution in [0.1, 0.15) is 20.3 Å². The summed E-state index contributed by atoms with van der Waals surface area (Å²) in [6.45, 7) is 4.52. The van der Waals surface area contributed by atoms with E-state index < -0.39 is 0 Å². The van der Waals surface area contributed by atoms with E-state index >= 15 is 0 Å². The average Bonchev–Trinajstić information content (AvgIpc) is 1.98. The lowest BCUT2D eigenvalue weighted by Gasteiger charge is -2.13.